The normalized spacial score (nSPS) is 15.2. The van der Waals surface area contributed by atoms with Gasteiger partial charge in [0.25, 0.3) is 0 Å². The third-order valence-corrected chi connectivity index (χ3v) is 3.36. The lowest BCUT2D eigenvalue weighted by Gasteiger charge is -2.05. The van der Waals surface area contributed by atoms with Gasteiger partial charge in [0, 0.05) is 30.1 Å². The first-order chi connectivity index (χ1) is 10.5. The maximum atomic E-state index is 13.1. The number of rotatable bonds is 1. The van der Waals surface area contributed by atoms with Crippen molar-refractivity contribution in [3.8, 4) is 22.8 Å². The number of benzene rings is 1. The Morgan fingerprint density at radius 2 is 1.77 bits per heavy atom. The first-order valence-corrected chi connectivity index (χ1v) is 6.49. The van der Waals surface area contributed by atoms with Crippen LogP contribution in [0.2, 0.25) is 0 Å². The van der Waals surface area contributed by atoms with E-state index in [1.54, 1.807) is 18.6 Å². The molecule has 1 aliphatic heterocycles. The molecule has 110 valence electrons. The van der Waals surface area contributed by atoms with E-state index in [2.05, 4.69) is 24.4 Å². The van der Waals surface area contributed by atoms with Crippen molar-refractivity contribution in [3.63, 3.8) is 0 Å². The largest absolute Gasteiger partial charge is 0.586 e. The van der Waals surface area contributed by atoms with Crippen molar-refractivity contribution in [2.24, 2.45) is 0 Å². The summed E-state index contributed by atoms with van der Waals surface area (Å²) in [4.78, 5) is 12.7. The number of aromatic nitrogens is 3. The van der Waals surface area contributed by atoms with Crippen LogP contribution in [0.5, 0.6) is 11.5 Å². The Kier molecular flexibility index (Phi) is 2.53. The van der Waals surface area contributed by atoms with Gasteiger partial charge in [0.05, 0.1) is 22.9 Å². The summed E-state index contributed by atoms with van der Waals surface area (Å²) in [6.45, 7) is 1.91. The number of halogens is 2. The fraction of sp³-hybridized carbons (Fsp3) is 0.133. The highest BCUT2D eigenvalue weighted by atomic mass is 19.3. The van der Waals surface area contributed by atoms with Gasteiger partial charge >= 0.3 is 6.29 Å². The van der Waals surface area contributed by atoms with Crippen LogP contribution in [0.4, 0.5) is 8.78 Å². The van der Waals surface area contributed by atoms with Crippen LogP contribution in [-0.4, -0.2) is 21.2 Å². The number of nitrogens with zero attached hydrogens (tertiary/aromatic N) is 3. The number of fused-ring (bicyclic) bond motifs is 2. The van der Waals surface area contributed by atoms with Gasteiger partial charge in [-0.25, -0.2) is 4.98 Å². The molecular weight excluding hydrogens is 292 g/mol. The molecule has 0 saturated heterocycles. The van der Waals surface area contributed by atoms with Crippen LogP contribution < -0.4 is 9.47 Å². The SMILES string of the molecule is Cc1cnccc1-c1cnc2cc3c(cc2n1)OC(F)(F)O3. The van der Waals surface area contributed by atoms with Crippen LogP contribution in [0.1, 0.15) is 5.56 Å². The van der Waals surface area contributed by atoms with Crippen LogP contribution >= 0.6 is 0 Å². The fourth-order valence-corrected chi connectivity index (χ4v) is 2.35. The summed E-state index contributed by atoms with van der Waals surface area (Å²) in [5.41, 5.74) is 3.37. The molecule has 4 rings (SSSR count). The molecule has 3 heterocycles. The molecule has 22 heavy (non-hydrogen) atoms. The molecule has 3 aromatic rings. The Morgan fingerprint density at radius 3 is 2.50 bits per heavy atom. The van der Waals surface area contributed by atoms with Gasteiger partial charge < -0.3 is 9.47 Å². The highest BCUT2D eigenvalue weighted by Crippen LogP contribution is 2.42. The number of hydrogen-bond acceptors (Lipinski definition) is 5. The molecule has 1 aromatic carbocycles. The molecule has 0 aliphatic carbocycles. The molecule has 2 aromatic heterocycles. The number of alkyl halides is 2. The van der Waals surface area contributed by atoms with E-state index in [4.69, 9.17) is 0 Å². The van der Waals surface area contributed by atoms with Gasteiger partial charge in [-0.05, 0) is 18.6 Å². The van der Waals surface area contributed by atoms with Gasteiger partial charge in [-0.3, -0.25) is 9.97 Å². The minimum absolute atomic E-state index is 0.0420. The molecule has 0 unspecified atom stereocenters. The lowest BCUT2D eigenvalue weighted by atomic mass is 10.1. The van der Waals surface area contributed by atoms with E-state index in [1.807, 2.05) is 13.0 Å². The second-order valence-corrected chi connectivity index (χ2v) is 4.90. The molecule has 5 nitrogen and oxygen atoms in total. The second kappa shape index (κ2) is 4.33. The van der Waals surface area contributed by atoms with Crippen molar-refractivity contribution < 1.29 is 18.3 Å². The highest BCUT2D eigenvalue weighted by molar-refractivity contribution is 5.81. The maximum Gasteiger partial charge on any atom is 0.586 e. The summed E-state index contributed by atoms with van der Waals surface area (Å²) in [6.07, 6.45) is 1.32. The Balaban J connectivity index is 1.86. The average Bonchev–Trinajstić information content (AvgIpc) is 2.77. The Bertz CT molecular complexity index is 899. The van der Waals surface area contributed by atoms with Crippen LogP contribution in [0.3, 0.4) is 0 Å². The lowest BCUT2D eigenvalue weighted by Crippen LogP contribution is -2.25. The van der Waals surface area contributed by atoms with Gasteiger partial charge in [-0.2, -0.15) is 0 Å². The minimum atomic E-state index is -3.65. The molecule has 0 radical (unpaired) electrons. The van der Waals surface area contributed by atoms with Gasteiger partial charge in [-0.1, -0.05) is 0 Å². The van der Waals surface area contributed by atoms with Crippen molar-refractivity contribution in [3.05, 3.63) is 42.4 Å². The van der Waals surface area contributed by atoms with Crippen molar-refractivity contribution in [2.75, 3.05) is 0 Å². The average molecular weight is 301 g/mol. The maximum absolute atomic E-state index is 13.1. The van der Waals surface area contributed by atoms with Crippen molar-refractivity contribution in [1.82, 2.24) is 15.0 Å². The molecule has 0 bridgehead atoms. The first-order valence-electron chi connectivity index (χ1n) is 6.49. The molecule has 0 atom stereocenters. The van der Waals surface area contributed by atoms with E-state index in [0.29, 0.717) is 16.7 Å². The van der Waals surface area contributed by atoms with E-state index in [0.717, 1.165) is 11.1 Å². The van der Waals surface area contributed by atoms with Crippen LogP contribution in [0.25, 0.3) is 22.3 Å². The van der Waals surface area contributed by atoms with Crippen LogP contribution in [0, 0.1) is 6.92 Å². The fourth-order valence-electron chi connectivity index (χ4n) is 2.35. The smallest absolute Gasteiger partial charge is 0.395 e. The summed E-state index contributed by atoms with van der Waals surface area (Å²) in [5, 5.41) is 0. The number of aryl methyl sites for hydroxylation is 1. The van der Waals surface area contributed by atoms with Crippen LogP contribution in [0.15, 0.2) is 36.8 Å². The first kappa shape index (κ1) is 12.9. The summed E-state index contributed by atoms with van der Waals surface area (Å²) in [5.74, 6) is -0.0879. The minimum Gasteiger partial charge on any atom is -0.395 e. The molecule has 0 amide bonds. The van der Waals surface area contributed by atoms with Gasteiger partial charge in [-0.15, -0.1) is 8.78 Å². The zero-order valence-electron chi connectivity index (χ0n) is 11.4. The molecule has 0 fully saturated rings. The Hall–Kier alpha value is -2.83. The van der Waals surface area contributed by atoms with E-state index in [9.17, 15) is 8.78 Å². The van der Waals surface area contributed by atoms with E-state index in [-0.39, 0.29) is 11.5 Å². The molecule has 0 spiro atoms. The number of ether oxygens (including phenoxy) is 2. The standard InChI is InChI=1S/C15H9F2N3O2/c1-8-6-18-3-2-9(8)12-7-19-10-4-13-14(5-11(10)20-12)22-15(16,17)21-13/h2-7H,1H3. The second-order valence-electron chi connectivity index (χ2n) is 4.90. The highest BCUT2D eigenvalue weighted by Gasteiger charge is 2.43. The summed E-state index contributed by atoms with van der Waals surface area (Å²) in [6, 6.07) is 4.62. The van der Waals surface area contributed by atoms with Crippen molar-refractivity contribution in [2.45, 2.75) is 13.2 Å². The summed E-state index contributed by atoms with van der Waals surface area (Å²) >= 11 is 0. The summed E-state index contributed by atoms with van der Waals surface area (Å²) in [7, 11) is 0. The van der Waals surface area contributed by atoms with E-state index < -0.39 is 6.29 Å². The molecule has 7 heteroatoms. The molecule has 0 N–H and O–H groups in total. The number of hydrogen-bond donors (Lipinski definition) is 0. The van der Waals surface area contributed by atoms with Gasteiger partial charge in [0.1, 0.15) is 0 Å². The van der Waals surface area contributed by atoms with E-state index >= 15 is 0 Å². The van der Waals surface area contributed by atoms with Gasteiger partial charge in [0.2, 0.25) is 0 Å². The lowest BCUT2D eigenvalue weighted by molar-refractivity contribution is -0.286. The molecular formula is C15H9F2N3O2. The Labute approximate surface area is 123 Å². The zero-order valence-corrected chi connectivity index (χ0v) is 11.4. The molecule has 0 saturated carbocycles. The Morgan fingerprint density at radius 1 is 1.05 bits per heavy atom. The van der Waals surface area contributed by atoms with Gasteiger partial charge in [0.15, 0.2) is 11.5 Å². The topological polar surface area (TPSA) is 57.1 Å². The molecule has 1 aliphatic rings. The van der Waals surface area contributed by atoms with Crippen molar-refractivity contribution >= 4 is 11.0 Å². The summed E-state index contributed by atoms with van der Waals surface area (Å²) < 4.78 is 35.0. The third-order valence-electron chi connectivity index (χ3n) is 3.36. The van der Waals surface area contributed by atoms with Crippen LogP contribution in [-0.2, 0) is 0 Å². The van der Waals surface area contributed by atoms with Crippen molar-refractivity contribution in [1.29, 1.82) is 0 Å². The quantitative estimate of drug-likeness (QED) is 0.690. The monoisotopic (exact) mass is 301 g/mol. The zero-order chi connectivity index (χ0) is 15.3. The predicted molar refractivity (Wildman–Crippen MR) is 73.7 cm³/mol. The predicted octanol–water partition coefficient (Wildman–Crippen LogP) is 3.32. The number of pyridine rings is 1. The van der Waals surface area contributed by atoms with E-state index in [1.165, 1.54) is 12.1 Å². The third kappa shape index (κ3) is 2.02.